The first-order chi connectivity index (χ1) is 16.7. The lowest BCUT2D eigenvalue weighted by Crippen LogP contribution is -2.57. The molecule has 3 aromatic rings. The van der Waals surface area contributed by atoms with Crippen LogP contribution in [0.5, 0.6) is 5.88 Å². The molecule has 0 amide bonds. The lowest BCUT2D eigenvalue weighted by atomic mass is 9.91. The van der Waals surface area contributed by atoms with E-state index in [9.17, 15) is 0 Å². The number of nitrogens with zero attached hydrogens (tertiary/aromatic N) is 5. The molecule has 0 saturated carbocycles. The van der Waals surface area contributed by atoms with Crippen molar-refractivity contribution in [1.82, 2.24) is 19.9 Å². The standard InChI is InChI=1S/C26H35N5O3/c1-29(14-15-32-2)17-21-6-5-9-25(27-21)33-19-20-10-11-22-18-31(13-12-30(22)16-20)26-23-7-3-4-8-24(23)34-28-26/h3-9,20,22H,10-19H2,1-2H3/t20-,22-/m0/s1. The van der Waals surface area contributed by atoms with E-state index >= 15 is 0 Å². The molecule has 34 heavy (non-hydrogen) atoms. The average molecular weight is 466 g/mol. The molecule has 2 aliphatic rings. The Morgan fingerprint density at radius 1 is 1.09 bits per heavy atom. The average Bonchev–Trinajstić information content (AvgIpc) is 3.30. The molecule has 0 unspecified atom stereocenters. The van der Waals surface area contributed by atoms with Gasteiger partial charge in [0, 0.05) is 64.4 Å². The SMILES string of the molecule is COCCN(C)Cc1cccc(OC[C@H]2CC[C@H]3CN(c4noc5ccccc45)CCN3C2)n1. The summed E-state index contributed by atoms with van der Waals surface area (Å²) in [5, 5.41) is 5.48. The molecule has 2 aromatic heterocycles. The van der Waals surface area contributed by atoms with E-state index in [2.05, 4.69) is 45.1 Å². The van der Waals surface area contributed by atoms with Gasteiger partial charge in [-0.15, -0.1) is 0 Å². The first-order valence-corrected chi connectivity index (χ1v) is 12.3. The summed E-state index contributed by atoms with van der Waals surface area (Å²) in [7, 11) is 3.81. The molecule has 0 aliphatic carbocycles. The monoisotopic (exact) mass is 465 g/mol. The number of anilines is 1. The van der Waals surface area contributed by atoms with Gasteiger partial charge in [-0.25, -0.2) is 4.98 Å². The fourth-order valence-corrected chi connectivity index (χ4v) is 5.12. The number of aromatic nitrogens is 2. The Morgan fingerprint density at radius 3 is 2.91 bits per heavy atom. The normalized spacial score (nSPS) is 21.2. The molecular weight excluding hydrogens is 430 g/mol. The van der Waals surface area contributed by atoms with Gasteiger partial charge in [-0.2, -0.15) is 0 Å². The van der Waals surface area contributed by atoms with Crippen LogP contribution in [0.1, 0.15) is 18.5 Å². The largest absolute Gasteiger partial charge is 0.477 e. The van der Waals surface area contributed by atoms with Gasteiger partial charge in [-0.1, -0.05) is 23.4 Å². The van der Waals surface area contributed by atoms with Gasteiger partial charge in [0.15, 0.2) is 11.4 Å². The molecule has 0 bridgehead atoms. The first kappa shape index (κ1) is 23.1. The number of para-hydroxylation sites is 1. The van der Waals surface area contributed by atoms with Crippen molar-refractivity contribution in [3.8, 4) is 5.88 Å². The van der Waals surface area contributed by atoms with Crippen molar-refractivity contribution in [2.24, 2.45) is 5.92 Å². The Hall–Kier alpha value is -2.68. The maximum absolute atomic E-state index is 6.14. The summed E-state index contributed by atoms with van der Waals surface area (Å²) in [6.45, 7) is 7.21. The van der Waals surface area contributed by atoms with Gasteiger partial charge >= 0.3 is 0 Å². The van der Waals surface area contributed by atoms with E-state index in [0.717, 1.165) is 80.8 Å². The number of fused-ring (bicyclic) bond motifs is 2. The molecule has 182 valence electrons. The number of ether oxygens (including phenoxy) is 2. The van der Waals surface area contributed by atoms with Gasteiger partial charge in [0.2, 0.25) is 5.88 Å². The van der Waals surface area contributed by atoms with Crippen LogP contribution in [0.4, 0.5) is 5.82 Å². The Balaban J connectivity index is 1.12. The van der Waals surface area contributed by atoms with Gasteiger partial charge in [0.05, 0.1) is 24.3 Å². The van der Waals surface area contributed by atoms with E-state index in [1.165, 1.54) is 12.8 Å². The van der Waals surface area contributed by atoms with Crippen molar-refractivity contribution in [1.29, 1.82) is 0 Å². The third kappa shape index (κ3) is 5.35. The predicted octanol–water partition coefficient (Wildman–Crippen LogP) is 3.28. The number of benzene rings is 1. The maximum atomic E-state index is 6.14. The van der Waals surface area contributed by atoms with Gasteiger partial charge in [-0.05, 0) is 38.1 Å². The zero-order chi connectivity index (χ0) is 23.3. The number of pyridine rings is 1. The molecule has 4 heterocycles. The zero-order valence-corrected chi connectivity index (χ0v) is 20.2. The summed E-state index contributed by atoms with van der Waals surface area (Å²) in [4.78, 5) is 11.9. The predicted molar refractivity (Wildman–Crippen MR) is 132 cm³/mol. The van der Waals surface area contributed by atoms with Crippen molar-refractivity contribution in [3.63, 3.8) is 0 Å². The molecule has 2 aliphatic heterocycles. The Morgan fingerprint density at radius 2 is 2.00 bits per heavy atom. The molecular formula is C26H35N5O3. The van der Waals surface area contributed by atoms with Gasteiger partial charge < -0.3 is 18.9 Å². The van der Waals surface area contributed by atoms with Crippen LogP contribution in [0.3, 0.4) is 0 Å². The summed E-state index contributed by atoms with van der Waals surface area (Å²) in [5.74, 6) is 2.24. The lowest BCUT2D eigenvalue weighted by molar-refractivity contribution is 0.0716. The van der Waals surface area contributed by atoms with E-state index in [-0.39, 0.29) is 0 Å². The molecule has 0 radical (unpaired) electrons. The summed E-state index contributed by atoms with van der Waals surface area (Å²) < 4.78 is 16.8. The first-order valence-electron chi connectivity index (χ1n) is 12.3. The number of likely N-dealkylation sites (N-methyl/N-ethyl adjacent to an activating group) is 1. The van der Waals surface area contributed by atoms with Crippen molar-refractivity contribution in [2.45, 2.75) is 25.4 Å². The van der Waals surface area contributed by atoms with Gasteiger partial charge in [0.25, 0.3) is 0 Å². The maximum Gasteiger partial charge on any atom is 0.213 e. The minimum Gasteiger partial charge on any atom is -0.477 e. The third-order valence-electron chi connectivity index (χ3n) is 7.02. The van der Waals surface area contributed by atoms with E-state index in [1.54, 1.807) is 7.11 Å². The van der Waals surface area contributed by atoms with Crippen LogP contribution in [-0.2, 0) is 11.3 Å². The Kier molecular flexibility index (Phi) is 7.27. The summed E-state index contributed by atoms with van der Waals surface area (Å²) >= 11 is 0. The van der Waals surface area contributed by atoms with Crippen LogP contribution in [0.2, 0.25) is 0 Å². The second kappa shape index (κ2) is 10.7. The number of hydrogen-bond donors (Lipinski definition) is 0. The van der Waals surface area contributed by atoms with Crippen molar-refractivity contribution >= 4 is 16.8 Å². The molecule has 1 aromatic carbocycles. The molecule has 8 nitrogen and oxygen atoms in total. The molecule has 2 fully saturated rings. The smallest absolute Gasteiger partial charge is 0.213 e. The van der Waals surface area contributed by atoms with Crippen LogP contribution < -0.4 is 9.64 Å². The molecule has 8 heteroatoms. The second-order valence-corrected chi connectivity index (χ2v) is 9.55. The molecule has 2 atom stereocenters. The summed E-state index contributed by atoms with van der Waals surface area (Å²) in [6.07, 6.45) is 2.35. The third-order valence-corrected chi connectivity index (χ3v) is 7.02. The summed E-state index contributed by atoms with van der Waals surface area (Å²) in [6, 6.07) is 14.7. The highest BCUT2D eigenvalue weighted by Gasteiger charge is 2.34. The van der Waals surface area contributed by atoms with E-state index in [4.69, 9.17) is 19.0 Å². The number of rotatable bonds is 9. The van der Waals surface area contributed by atoms with Crippen LogP contribution >= 0.6 is 0 Å². The topological polar surface area (TPSA) is 67.1 Å². The van der Waals surface area contributed by atoms with E-state index in [0.29, 0.717) is 12.0 Å². The van der Waals surface area contributed by atoms with Crippen molar-refractivity contribution in [3.05, 3.63) is 48.2 Å². The fraction of sp³-hybridized carbons (Fsp3) is 0.538. The van der Waals surface area contributed by atoms with E-state index in [1.807, 2.05) is 24.3 Å². The Bertz CT molecular complexity index is 1070. The number of piperidine rings is 1. The molecule has 5 rings (SSSR count). The highest BCUT2D eigenvalue weighted by molar-refractivity contribution is 5.88. The minimum atomic E-state index is 0.533. The number of methoxy groups -OCH3 is 1. The quantitative estimate of drug-likeness (QED) is 0.477. The lowest BCUT2D eigenvalue weighted by Gasteiger charge is -2.46. The van der Waals surface area contributed by atoms with Crippen molar-refractivity contribution < 1.29 is 14.0 Å². The van der Waals surface area contributed by atoms with Crippen LogP contribution in [0.15, 0.2) is 47.0 Å². The highest BCUT2D eigenvalue weighted by Crippen LogP contribution is 2.31. The van der Waals surface area contributed by atoms with Gasteiger partial charge in [0.1, 0.15) is 0 Å². The van der Waals surface area contributed by atoms with Crippen molar-refractivity contribution in [2.75, 3.05) is 65.0 Å². The van der Waals surface area contributed by atoms with Crippen LogP contribution in [0, 0.1) is 5.92 Å². The highest BCUT2D eigenvalue weighted by atomic mass is 16.5. The fourth-order valence-electron chi connectivity index (χ4n) is 5.12. The van der Waals surface area contributed by atoms with Crippen LogP contribution in [-0.4, -0.2) is 86.1 Å². The zero-order valence-electron chi connectivity index (χ0n) is 20.2. The molecule has 2 saturated heterocycles. The number of piperazine rings is 1. The van der Waals surface area contributed by atoms with Crippen LogP contribution in [0.25, 0.3) is 11.0 Å². The van der Waals surface area contributed by atoms with E-state index < -0.39 is 0 Å². The Labute approximate surface area is 201 Å². The number of hydrogen-bond acceptors (Lipinski definition) is 8. The second-order valence-electron chi connectivity index (χ2n) is 9.55. The molecule has 0 N–H and O–H groups in total. The van der Waals surface area contributed by atoms with Gasteiger partial charge in [-0.3, -0.25) is 9.80 Å². The molecule has 0 spiro atoms. The minimum absolute atomic E-state index is 0.533. The summed E-state index contributed by atoms with van der Waals surface area (Å²) in [5.41, 5.74) is 1.89.